The molecule has 5 atom stereocenters. The second kappa shape index (κ2) is 3.48. The van der Waals surface area contributed by atoms with Crippen LogP contribution in [0.1, 0.15) is 20.8 Å². The second-order valence-electron chi connectivity index (χ2n) is 4.78. The van der Waals surface area contributed by atoms with Crippen molar-refractivity contribution in [2.24, 2.45) is 0 Å². The van der Waals surface area contributed by atoms with E-state index in [-0.39, 0.29) is 0 Å². The van der Waals surface area contributed by atoms with Gasteiger partial charge >= 0.3 is 0 Å². The van der Waals surface area contributed by atoms with Gasteiger partial charge in [-0.1, -0.05) is 0 Å². The topological polar surface area (TPSA) is 85.2 Å². The van der Waals surface area contributed by atoms with Gasteiger partial charge in [0.15, 0.2) is 17.9 Å². The van der Waals surface area contributed by atoms with Crippen LogP contribution in [-0.2, 0) is 19.0 Å². The lowest BCUT2D eigenvalue weighted by molar-refractivity contribution is -0.320. The lowest BCUT2D eigenvalue weighted by Crippen LogP contribution is -2.55. The van der Waals surface area contributed by atoms with Gasteiger partial charge in [0.1, 0.15) is 24.4 Å². The van der Waals surface area contributed by atoms with Crippen molar-refractivity contribution in [2.45, 2.75) is 56.8 Å². The number of hydrogen-bond acceptors (Lipinski definition) is 6. The molecule has 2 aliphatic heterocycles. The van der Waals surface area contributed by atoms with Crippen LogP contribution < -0.4 is 0 Å². The number of hydrogen-bond donors (Lipinski definition) is 2. The van der Waals surface area contributed by atoms with E-state index in [2.05, 4.69) is 0 Å². The van der Waals surface area contributed by atoms with Crippen LogP contribution >= 0.6 is 0 Å². The highest BCUT2D eigenvalue weighted by Crippen LogP contribution is 2.39. The summed E-state index contributed by atoms with van der Waals surface area (Å²) in [6.07, 6.45) is -3.01. The molecule has 6 heteroatoms. The maximum absolute atomic E-state index is 10.9. The zero-order valence-corrected chi connectivity index (χ0v) is 9.41. The van der Waals surface area contributed by atoms with Crippen molar-refractivity contribution in [2.75, 3.05) is 0 Å². The predicted molar refractivity (Wildman–Crippen MR) is 51.4 cm³/mol. The van der Waals surface area contributed by atoms with E-state index in [0.717, 1.165) is 0 Å². The Balaban J connectivity index is 2.28. The molecule has 16 heavy (non-hydrogen) atoms. The Morgan fingerprint density at radius 1 is 1.12 bits per heavy atom. The third kappa shape index (κ3) is 1.76. The maximum atomic E-state index is 10.9. The minimum atomic E-state index is -1.72. The number of ether oxygens (including phenoxy) is 3. The summed E-state index contributed by atoms with van der Waals surface area (Å²) in [7, 11) is 0. The standard InChI is InChI=1S/C10H16O6/c1-9(2)14-5(4-11)6-7(15-9)8(12)10(3,13)16-6/h4-8,12-13H,1-3H3. The number of carbonyl (C=O) groups excluding carboxylic acids is 1. The summed E-state index contributed by atoms with van der Waals surface area (Å²) in [5, 5.41) is 19.6. The van der Waals surface area contributed by atoms with Gasteiger partial charge in [-0.25, -0.2) is 0 Å². The van der Waals surface area contributed by atoms with Gasteiger partial charge in [-0.3, -0.25) is 0 Å². The van der Waals surface area contributed by atoms with Crippen LogP contribution in [0.5, 0.6) is 0 Å². The van der Waals surface area contributed by atoms with E-state index in [1.807, 2.05) is 0 Å². The third-order valence-electron chi connectivity index (χ3n) is 2.86. The first-order valence-electron chi connectivity index (χ1n) is 5.16. The molecule has 0 radical (unpaired) electrons. The highest BCUT2D eigenvalue weighted by molar-refractivity contribution is 5.58. The molecule has 0 aliphatic carbocycles. The van der Waals surface area contributed by atoms with Gasteiger partial charge in [-0.2, -0.15) is 0 Å². The molecule has 2 aliphatic rings. The maximum Gasteiger partial charge on any atom is 0.192 e. The summed E-state index contributed by atoms with van der Waals surface area (Å²) in [4.78, 5) is 10.9. The van der Waals surface area contributed by atoms with Crippen LogP contribution in [-0.4, -0.2) is 52.5 Å². The number of rotatable bonds is 1. The number of fused-ring (bicyclic) bond motifs is 1. The molecule has 2 heterocycles. The lowest BCUT2D eigenvalue weighted by atomic mass is 10.0. The molecule has 2 rings (SSSR count). The van der Waals surface area contributed by atoms with Gasteiger partial charge in [0, 0.05) is 0 Å². The normalized spacial score (nSPS) is 51.1. The van der Waals surface area contributed by atoms with E-state index in [0.29, 0.717) is 6.29 Å². The molecule has 0 bridgehead atoms. The first kappa shape index (κ1) is 11.9. The van der Waals surface area contributed by atoms with Crippen LogP contribution in [0.3, 0.4) is 0 Å². The Labute approximate surface area is 93.1 Å². The van der Waals surface area contributed by atoms with Crippen LogP contribution in [0.4, 0.5) is 0 Å². The SMILES string of the molecule is CC1(C)OC(C=O)C2OC(C)(O)C(O)C2O1. The molecule has 0 aromatic heterocycles. The van der Waals surface area contributed by atoms with E-state index in [1.165, 1.54) is 6.92 Å². The molecule has 0 spiro atoms. The van der Waals surface area contributed by atoms with Crippen LogP contribution in [0.15, 0.2) is 0 Å². The Morgan fingerprint density at radius 3 is 2.31 bits per heavy atom. The molecule has 2 N–H and O–H groups in total. The number of aldehydes is 1. The van der Waals surface area contributed by atoms with Crippen molar-refractivity contribution < 1.29 is 29.2 Å². The van der Waals surface area contributed by atoms with E-state index in [9.17, 15) is 15.0 Å². The number of carbonyl (C=O) groups is 1. The van der Waals surface area contributed by atoms with Crippen molar-refractivity contribution in [3.05, 3.63) is 0 Å². The minimum absolute atomic E-state index is 0.593. The average Bonchev–Trinajstić information content (AvgIpc) is 2.38. The van der Waals surface area contributed by atoms with E-state index >= 15 is 0 Å². The molecule has 5 unspecified atom stereocenters. The van der Waals surface area contributed by atoms with Gasteiger partial charge in [0.05, 0.1) is 0 Å². The molecule has 0 aromatic carbocycles. The van der Waals surface area contributed by atoms with Crippen LogP contribution in [0, 0.1) is 0 Å². The van der Waals surface area contributed by atoms with Crippen molar-refractivity contribution in [3.8, 4) is 0 Å². The molecule has 0 amide bonds. The highest BCUT2D eigenvalue weighted by atomic mass is 16.8. The fourth-order valence-electron chi connectivity index (χ4n) is 2.14. The zero-order chi connectivity index (χ0) is 12.1. The highest BCUT2D eigenvalue weighted by Gasteiger charge is 2.59. The quantitative estimate of drug-likeness (QED) is 0.574. The minimum Gasteiger partial charge on any atom is -0.385 e. The Hall–Kier alpha value is -0.530. The summed E-state index contributed by atoms with van der Waals surface area (Å²) in [6, 6.07) is 0. The predicted octanol–water partition coefficient (Wildman–Crippen LogP) is -0.826. The fourth-order valence-corrected chi connectivity index (χ4v) is 2.14. The first-order valence-corrected chi connectivity index (χ1v) is 5.16. The van der Waals surface area contributed by atoms with Crippen LogP contribution in [0.2, 0.25) is 0 Å². The number of aliphatic hydroxyl groups is 2. The Morgan fingerprint density at radius 2 is 1.75 bits per heavy atom. The van der Waals surface area contributed by atoms with Gasteiger partial charge in [-0.15, -0.1) is 0 Å². The third-order valence-corrected chi connectivity index (χ3v) is 2.86. The van der Waals surface area contributed by atoms with E-state index in [4.69, 9.17) is 14.2 Å². The van der Waals surface area contributed by atoms with Crippen molar-refractivity contribution in [1.29, 1.82) is 0 Å². The van der Waals surface area contributed by atoms with Gasteiger partial charge < -0.3 is 29.2 Å². The second-order valence-corrected chi connectivity index (χ2v) is 4.78. The summed E-state index contributed by atoms with van der Waals surface area (Å²) in [5.41, 5.74) is 0. The Bertz CT molecular complexity index is 300. The zero-order valence-electron chi connectivity index (χ0n) is 9.41. The summed E-state index contributed by atoms with van der Waals surface area (Å²) in [5.74, 6) is -2.71. The monoisotopic (exact) mass is 232 g/mol. The molecule has 2 saturated heterocycles. The van der Waals surface area contributed by atoms with Crippen molar-refractivity contribution in [3.63, 3.8) is 0 Å². The lowest BCUT2D eigenvalue weighted by Gasteiger charge is -2.40. The van der Waals surface area contributed by atoms with Crippen molar-refractivity contribution in [1.82, 2.24) is 0 Å². The summed E-state index contributed by atoms with van der Waals surface area (Å²) in [6.45, 7) is 4.60. The number of aliphatic hydroxyl groups excluding tert-OH is 1. The Kier molecular flexibility index (Phi) is 2.60. The molecular formula is C10H16O6. The van der Waals surface area contributed by atoms with Gasteiger partial charge in [-0.05, 0) is 20.8 Å². The summed E-state index contributed by atoms with van der Waals surface area (Å²) >= 11 is 0. The van der Waals surface area contributed by atoms with Crippen molar-refractivity contribution >= 4 is 6.29 Å². The molecule has 92 valence electrons. The molecule has 0 aromatic rings. The molecule has 2 fully saturated rings. The first-order chi connectivity index (χ1) is 7.27. The van der Waals surface area contributed by atoms with Gasteiger partial charge in [0.25, 0.3) is 0 Å². The van der Waals surface area contributed by atoms with Gasteiger partial charge in [0.2, 0.25) is 0 Å². The molecule has 0 saturated carbocycles. The van der Waals surface area contributed by atoms with E-state index in [1.54, 1.807) is 13.8 Å². The smallest absolute Gasteiger partial charge is 0.192 e. The summed E-state index contributed by atoms with van der Waals surface area (Å²) < 4.78 is 16.0. The largest absolute Gasteiger partial charge is 0.385 e. The van der Waals surface area contributed by atoms with Crippen LogP contribution in [0.25, 0.3) is 0 Å². The fraction of sp³-hybridized carbons (Fsp3) is 0.900. The molecule has 6 nitrogen and oxygen atoms in total. The van der Waals surface area contributed by atoms with E-state index < -0.39 is 36.0 Å². The average molecular weight is 232 g/mol. The molecular weight excluding hydrogens is 216 g/mol.